The predicted molar refractivity (Wildman–Crippen MR) is 106 cm³/mol. The lowest BCUT2D eigenvalue weighted by Crippen LogP contribution is -2.47. The Labute approximate surface area is 171 Å². The highest BCUT2D eigenvalue weighted by atomic mass is 32.2. The summed E-state index contributed by atoms with van der Waals surface area (Å²) in [4.78, 5) is 38.3. The molecule has 1 N–H and O–H groups in total. The van der Waals surface area contributed by atoms with Crippen LogP contribution in [0.3, 0.4) is 0 Å². The summed E-state index contributed by atoms with van der Waals surface area (Å²) in [6.45, 7) is -0.474. The molecule has 2 amide bonds. The highest BCUT2D eigenvalue weighted by Gasteiger charge is 2.57. The minimum Gasteiger partial charge on any atom is -0.454 e. The van der Waals surface area contributed by atoms with Crippen molar-refractivity contribution in [1.82, 2.24) is 4.90 Å². The molecule has 2 saturated heterocycles. The first-order valence-corrected chi connectivity index (χ1v) is 10.2. The normalized spacial score (nSPS) is 23.0. The number of esters is 1. The molecule has 29 heavy (non-hydrogen) atoms. The maximum absolute atomic E-state index is 12.9. The van der Waals surface area contributed by atoms with Gasteiger partial charge in [-0.3, -0.25) is 9.59 Å². The molecular formula is C21H19FN2O4S. The molecule has 4 rings (SSSR count). The van der Waals surface area contributed by atoms with E-state index in [0.717, 1.165) is 5.56 Å². The Kier molecular flexibility index (Phi) is 5.27. The van der Waals surface area contributed by atoms with E-state index in [0.29, 0.717) is 24.3 Å². The van der Waals surface area contributed by atoms with Gasteiger partial charge in [0.15, 0.2) is 6.61 Å². The molecule has 2 fully saturated rings. The fourth-order valence-corrected chi connectivity index (χ4v) is 5.42. The Morgan fingerprint density at radius 1 is 1.17 bits per heavy atom. The molecule has 2 aliphatic rings. The van der Waals surface area contributed by atoms with Gasteiger partial charge in [-0.05, 0) is 36.2 Å². The number of anilines is 1. The van der Waals surface area contributed by atoms with Crippen LogP contribution in [0.2, 0.25) is 0 Å². The van der Waals surface area contributed by atoms with Gasteiger partial charge < -0.3 is 15.0 Å². The molecule has 0 saturated carbocycles. The molecule has 0 aliphatic carbocycles. The zero-order valence-electron chi connectivity index (χ0n) is 15.5. The number of ether oxygens (including phenoxy) is 1. The van der Waals surface area contributed by atoms with Crippen molar-refractivity contribution in [2.24, 2.45) is 0 Å². The molecule has 150 valence electrons. The van der Waals surface area contributed by atoms with Crippen molar-refractivity contribution in [3.05, 3.63) is 66.0 Å². The maximum atomic E-state index is 12.9. The summed E-state index contributed by atoms with van der Waals surface area (Å²) < 4.78 is 18.1. The van der Waals surface area contributed by atoms with Crippen LogP contribution in [0, 0.1) is 5.82 Å². The van der Waals surface area contributed by atoms with Gasteiger partial charge in [-0.2, -0.15) is 0 Å². The maximum Gasteiger partial charge on any atom is 0.330 e. The number of fused-ring (bicyclic) bond motifs is 1. The van der Waals surface area contributed by atoms with Crippen molar-refractivity contribution >= 4 is 35.2 Å². The molecule has 0 bridgehead atoms. The second-order valence-electron chi connectivity index (χ2n) is 6.90. The van der Waals surface area contributed by atoms with Gasteiger partial charge in [-0.1, -0.05) is 30.3 Å². The number of thioether (sulfide) groups is 1. The highest BCUT2D eigenvalue weighted by molar-refractivity contribution is 8.00. The Balaban J connectivity index is 1.41. The summed E-state index contributed by atoms with van der Waals surface area (Å²) in [6, 6.07) is 14.2. The summed E-state index contributed by atoms with van der Waals surface area (Å²) in [5, 5.41) is 2.53. The van der Waals surface area contributed by atoms with Gasteiger partial charge in [0.1, 0.15) is 16.7 Å². The van der Waals surface area contributed by atoms with Crippen LogP contribution >= 0.6 is 11.8 Å². The first kappa shape index (κ1) is 19.4. The number of hydrogen-bond donors (Lipinski definition) is 1. The topological polar surface area (TPSA) is 75.7 Å². The summed E-state index contributed by atoms with van der Waals surface area (Å²) in [5.74, 6) is -1.21. The number of amides is 2. The van der Waals surface area contributed by atoms with Crippen LogP contribution in [0.1, 0.15) is 18.4 Å². The van der Waals surface area contributed by atoms with E-state index in [1.165, 1.54) is 24.3 Å². The van der Waals surface area contributed by atoms with Gasteiger partial charge in [0.2, 0.25) is 5.91 Å². The number of halogens is 1. The molecule has 8 heteroatoms. The van der Waals surface area contributed by atoms with Crippen molar-refractivity contribution in [2.75, 3.05) is 17.7 Å². The van der Waals surface area contributed by atoms with Gasteiger partial charge in [0.05, 0.1) is 0 Å². The highest BCUT2D eigenvalue weighted by Crippen LogP contribution is 2.54. The first-order chi connectivity index (χ1) is 14.0. The third kappa shape index (κ3) is 3.72. The monoisotopic (exact) mass is 414 g/mol. The van der Waals surface area contributed by atoms with Crippen molar-refractivity contribution < 1.29 is 23.5 Å². The third-order valence-electron chi connectivity index (χ3n) is 5.10. The van der Waals surface area contributed by atoms with Gasteiger partial charge in [0.25, 0.3) is 5.91 Å². The third-order valence-corrected chi connectivity index (χ3v) is 6.69. The molecule has 2 aliphatic heterocycles. The van der Waals surface area contributed by atoms with Crippen LogP contribution in [0.4, 0.5) is 10.1 Å². The molecule has 0 aromatic heterocycles. The average Bonchev–Trinajstić information content (AvgIpc) is 3.28. The van der Waals surface area contributed by atoms with Gasteiger partial charge in [0, 0.05) is 17.9 Å². The second-order valence-corrected chi connectivity index (χ2v) is 8.20. The van der Waals surface area contributed by atoms with Crippen molar-refractivity contribution in [2.45, 2.75) is 23.8 Å². The summed E-state index contributed by atoms with van der Waals surface area (Å²) in [7, 11) is 0. The molecule has 2 aromatic rings. The van der Waals surface area contributed by atoms with Crippen LogP contribution in [-0.4, -0.2) is 41.1 Å². The second kappa shape index (κ2) is 7.87. The summed E-state index contributed by atoms with van der Waals surface area (Å²) >= 11 is 1.56. The number of hydrogen-bond acceptors (Lipinski definition) is 5. The molecule has 6 nitrogen and oxygen atoms in total. The lowest BCUT2D eigenvalue weighted by molar-refractivity contribution is -0.155. The van der Waals surface area contributed by atoms with E-state index in [-0.39, 0.29) is 5.91 Å². The number of nitrogens with zero attached hydrogens (tertiary/aromatic N) is 1. The number of carbonyl (C=O) groups is 3. The number of rotatable bonds is 5. The largest absolute Gasteiger partial charge is 0.454 e. The fourth-order valence-electron chi connectivity index (χ4n) is 3.78. The average molecular weight is 414 g/mol. The molecular weight excluding hydrogens is 395 g/mol. The van der Waals surface area contributed by atoms with Crippen LogP contribution in [0.25, 0.3) is 0 Å². The number of nitrogens with one attached hydrogen (secondary N) is 1. The van der Waals surface area contributed by atoms with Crippen LogP contribution < -0.4 is 5.32 Å². The first-order valence-electron chi connectivity index (χ1n) is 9.23. The summed E-state index contributed by atoms with van der Waals surface area (Å²) in [6.07, 6.45) is 1.01. The standard InChI is InChI=1S/C21H19FN2O4S/c22-15-6-8-16(9-7-15)23-18(25)12-28-20(27)17-13-29-21(11-10-19(26)24(17)21)14-4-2-1-3-5-14/h1-9,17H,10-13H2,(H,23,25)/t17-,21+/m1/s1. The molecule has 0 spiro atoms. The quantitative estimate of drug-likeness (QED) is 0.762. The molecule has 0 unspecified atom stereocenters. The zero-order chi connectivity index (χ0) is 20.4. The van der Waals surface area contributed by atoms with Crippen molar-refractivity contribution in [3.8, 4) is 0 Å². The minimum atomic E-state index is -0.728. The van der Waals surface area contributed by atoms with E-state index >= 15 is 0 Å². The van der Waals surface area contributed by atoms with Gasteiger partial charge >= 0.3 is 5.97 Å². The zero-order valence-corrected chi connectivity index (χ0v) is 16.3. The molecule has 2 heterocycles. The van der Waals surface area contributed by atoms with Crippen molar-refractivity contribution in [1.29, 1.82) is 0 Å². The smallest absolute Gasteiger partial charge is 0.330 e. The van der Waals surface area contributed by atoms with Gasteiger partial charge in [-0.25, -0.2) is 9.18 Å². The van der Waals surface area contributed by atoms with E-state index in [1.54, 1.807) is 16.7 Å². The Morgan fingerprint density at radius 3 is 2.62 bits per heavy atom. The fraction of sp³-hybridized carbons (Fsp3) is 0.286. The lowest BCUT2D eigenvalue weighted by Gasteiger charge is -2.33. The minimum absolute atomic E-state index is 0.0865. The Bertz CT molecular complexity index is 937. The lowest BCUT2D eigenvalue weighted by atomic mass is 10.0. The SMILES string of the molecule is O=C(COC(=O)[C@H]1CS[C@]2(c3ccccc3)CCC(=O)N12)Nc1ccc(F)cc1. The number of carbonyl (C=O) groups excluding carboxylic acids is 3. The number of benzene rings is 2. The van der Waals surface area contributed by atoms with E-state index in [9.17, 15) is 18.8 Å². The van der Waals surface area contributed by atoms with Crippen LogP contribution in [0.15, 0.2) is 54.6 Å². The Hall–Kier alpha value is -2.87. The van der Waals surface area contributed by atoms with Crippen molar-refractivity contribution in [3.63, 3.8) is 0 Å². The van der Waals surface area contributed by atoms with Gasteiger partial charge in [-0.15, -0.1) is 11.8 Å². The molecule has 0 radical (unpaired) electrons. The molecule has 2 atom stereocenters. The summed E-state index contributed by atoms with van der Waals surface area (Å²) in [5.41, 5.74) is 1.39. The van der Waals surface area contributed by atoms with E-state index in [4.69, 9.17) is 4.74 Å². The van der Waals surface area contributed by atoms with E-state index < -0.39 is 35.2 Å². The van der Waals surface area contributed by atoms with E-state index in [1.807, 2.05) is 30.3 Å². The van der Waals surface area contributed by atoms with E-state index in [2.05, 4.69) is 5.32 Å². The predicted octanol–water partition coefficient (Wildman–Crippen LogP) is 2.90. The Morgan fingerprint density at radius 2 is 1.90 bits per heavy atom. The molecule has 2 aromatic carbocycles. The van der Waals surface area contributed by atoms with Crippen LogP contribution in [0.5, 0.6) is 0 Å². The van der Waals surface area contributed by atoms with Crippen LogP contribution in [-0.2, 0) is 24.0 Å².